The molecular formula is C12H22O3. The molecule has 0 aromatic carbocycles. The molecule has 3 atom stereocenters. The Morgan fingerprint density at radius 1 is 1.33 bits per heavy atom. The molecular weight excluding hydrogens is 192 g/mol. The number of hydrogen-bond acceptors (Lipinski definition) is 3. The summed E-state index contributed by atoms with van der Waals surface area (Å²) in [6.45, 7) is 7.41. The van der Waals surface area contributed by atoms with Crippen LogP contribution in [0.3, 0.4) is 0 Å². The monoisotopic (exact) mass is 214 g/mol. The summed E-state index contributed by atoms with van der Waals surface area (Å²) in [6, 6.07) is 0. The van der Waals surface area contributed by atoms with Crippen molar-refractivity contribution < 1.29 is 14.5 Å². The van der Waals surface area contributed by atoms with Crippen LogP contribution in [0.5, 0.6) is 0 Å². The molecule has 0 spiro atoms. The second-order valence-corrected chi connectivity index (χ2v) is 5.52. The van der Waals surface area contributed by atoms with Gasteiger partial charge in [-0.1, -0.05) is 26.7 Å². The van der Waals surface area contributed by atoms with E-state index < -0.39 is 0 Å². The van der Waals surface area contributed by atoms with Crippen molar-refractivity contribution in [2.75, 3.05) is 6.61 Å². The van der Waals surface area contributed by atoms with E-state index in [0.29, 0.717) is 0 Å². The van der Waals surface area contributed by atoms with Gasteiger partial charge >= 0.3 is 0 Å². The van der Waals surface area contributed by atoms with Crippen molar-refractivity contribution in [3.63, 3.8) is 0 Å². The van der Waals surface area contributed by atoms with E-state index in [0.717, 1.165) is 25.9 Å². The van der Waals surface area contributed by atoms with Gasteiger partial charge in [0.25, 0.3) is 0 Å². The second kappa shape index (κ2) is 4.04. The minimum absolute atomic E-state index is 0.116. The van der Waals surface area contributed by atoms with Crippen molar-refractivity contribution in [2.45, 2.75) is 64.8 Å². The van der Waals surface area contributed by atoms with Crippen LogP contribution >= 0.6 is 0 Å². The average molecular weight is 214 g/mol. The van der Waals surface area contributed by atoms with Crippen LogP contribution in [0.25, 0.3) is 0 Å². The summed E-state index contributed by atoms with van der Waals surface area (Å²) in [5.74, 6) is 0. The van der Waals surface area contributed by atoms with Gasteiger partial charge in [-0.15, -0.1) is 0 Å². The molecule has 2 rings (SSSR count). The van der Waals surface area contributed by atoms with E-state index >= 15 is 0 Å². The largest absolute Gasteiger partial charge is 0.349 e. The first kappa shape index (κ1) is 11.4. The standard InChI is InChI=1S/C12H22O3/c1-4-5-6-12(3)9-11(2)7-8-13-10(11)14-15-12/h10H,4-9H2,1-3H3/t10-,11+,12?/m1/s1. The third kappa shape index (κ3) is 2.19. The maximum absolute atomic E-state index is 5.52. The topological polar surface area (TPSA) is 27.7 Å². The summed E-state index contributed by atoms with van der Waals surface area (Å²) in [5, 5.41) is 0. The first-order valence-electron chi connectivity index (χ1n) is 6.04. The molecule has 2 heterocycles. The molecule has 1 unspecified atom stereocenters. The third-order valence-electron chi connectivity index (χ3n) is 3.69. The fraction of sp³-hybridized carbons (Fsp3) is 1.00. The van der Waals surface area contributed by atoms with E-state index in [2.05, 4.69) is 20.8 Å². The maximum atomic E-state index is 5.52. The normalized spacial score (nSPS) is 45.4. The van der Waals surface area contributed by atoms with Gasteiger partial charge in [-0.3, -0.25) is 0 Å². The van der Waals surface area contributed by atoms with Crippen molar-refractivity contribution in [2.24, 2.45) is 5.41 Å². The zero-order valence-electron chi connectivity index (χ0n) is 10.0. The van der Waals surface area contributed by atoms with E-state index in [4.69, 9.17) is 14.5 Å². The Hall–Kier alpha value is -0.120. The Labute approximate surface area is 92.0 Å². The zero-order valence-corrected chi connectivity index (χ0v) is 10.0. The average Bonchev–Trinajstić information content (AvgIpc) is 2.55. The molecule has 88 valence electrons. The predicted molar refractivity (Wildman–Crippen MR) is 57.2 cm³/mol. The lowest BCUT2D eigenvalue weighted by Crippen LogP contribution is -2.47. The van der Waals surface area contributed by atoms with Gasteiger partial charge in [0.15, 0.2) is 6.29 Å². The number of hydrogen-bond donors (Lipinski definition) is 0. The number of unbranched alkanes of at least 4 members (excludes halogenated alkanes) is 1. The molecule has 0 saturated carbocycles. The minimum Gasteiger partial charge on any atom is -0.349 e. The van der Waals surface area contributed by atoms with E-state index in [1.54, 1.807) is 0 Å². The van der Waals surface area contributed by atoms with E-state index in [1.807, 2.05) is 0 Å². The molecule has 0 N–H and O–H groups in total. The van der Waals surface area contributed by atoms with Gasteiger partial charge in [0.1, 0.15) is 5.60 Å². The smallest absolute Gasteiger partial charge is 0.196 e. The van der Waals surface area contributed by atoms with Crippen molar-refractivity contribution in [3.05, 3.63) is 0 Å². The number of fused-ring (bicyclic) bond motifs is 1. The van der Waals surface area contributed by atoms with Crippen LogP contribution in [0.4, 0.5) is 0 Å². The highest BCUT2D eigenvalue weighted by Crippen LogP contribution is 2.48. The van der Waals surface area contributed by atoms with Crippen molar-refractivity contribution in [1.29, 1.82) is 0 Å². The van der Waals surface area contributed by atoms with Gasteiger partial charge in [-0.2, -0.15) is 0 Å². The van der Waals surface area contributed by atoms with Gasteiger partial charge in [0.05, 0.1) is 6.61 Å². The Balaban J connectivity index is 2.00. The molecule has 0 aromatic heterocycles. The van der Waals surface area contributed by atoms with Crippen LogP contribution in [0.15, 0.2) is 0 Å². The van der Waals surface area contributed by atoms with Crippen LogP contribution in [0.2, 0.25) is 0 Å². The van der Waals surface area contributed by atoms with Crippen LogP contribution < -0.4 is 0 Å². The van der Waals surface area contributed by atoms with E-state index in [1.165, 1.54) is 12.8 Å². The molecule has 2 aliphatic heterocycles. The second-order valence-electron chi connectivity index (χ2n) is 5.52. The van der Waals surface area contributed by atoms with E-state index in [9.17, 15) is 0 Å². The molecule has 15 heavy (non-hydrogen) atoms. The molecule has 0 amide bonds. The number of rotatable bonds is 3. The summed E-state index contributed by atoms with van der Waals surface area (Å²) in [6.07, 6.45) is 5.46. The summed E-state index contributed by atoms with van der Waals surface area (Å²) in [4.78, 5) is 10.9. The molecule has 2 fully saturated rings. The summed E-state index contributed by atoms with van der Waals surface area (Å²) in [5.41, 5.74) is 0.0374. The highest BCUT2D eigenvalue weighted by atomic mass is 17.2. The van der Waals surface area contributed by atoms with E-state index in [-0.39, 0.29) is 17.3 Å². The quantitative estimate of drug-likeness (QED) is 0.676. The van der Waals surface area contributed by atoms with Gasteiger partial charge in [0.2, 0.25) is 0 Å². The van der Waals surface area contributed by atoms with Crippen LogP contribution in [-0.4, -0.2) is 18.5 Å². The van der Waals surface area contributed by atoms with Crippen molar-refractivity contribution >= 4 is 0 Å². The summed E-state index contributed by atoms with van der Waals surface area (Å²) < 4.78 is 5.51. The third-order valence-corrected chi connectivity index (χ3v) is 3.69. The molecule has 0 aromatic rings. The molecule has 3 nitrogen and oxygen atoms in total. The van der Waals surface area contributed by atoms with Crippen molar-refractivity contribution in [3.8, 4) is 0 Å². The van der Waals surface area contributed by atoms with Gasteiger partial charge in [-0.05, 0) is 26.2 Å². The van der Waals surface area contributed by atoms with Gasteiger partial charge < -0.3 is 4.74 Å². The van der Waals surface area contributed by atoms with Crippen LogP contribution in [-0.2, 0) is 14.5 Å². The highest BCUT2D eigenvalue weighted by molar-refractivity contribution is 4.92. The first-order chi connectivity index (χ1) is 7.08. The zero-order chi connectivity index (χ0) is 10.9. The fourth-order valence-electron chi connectivity index (χ4n) is 2.76. The lowest BCUT2D eigenvalue weighted by atomic mass is 9.75. The SMILES string of the molecule is CCCCC1(C)C[C@]2(C)CCO[C@@H]2OO1. The Bertz CT molecular complexity index is 231. The molecule has 2 saturated heterocycles. The Morgan fingerprint density at radius 3 is 2.87 bits per heavy atom. The lowest BCUT2D eigenvalue weighted by molar-refractivity contribution is -0.462. The van der Waals surface area contributed by atoms with Gasteiger partial charge in [0, 0.05) is 5.41 Å². The predicted octanol–water partition coefficient (Wildman–Crippen LogP) is 3.04. The van der Waals surface area contributed by atoms with Crippen molar-refractivity contribution in [1.82, 2.24) is 0 Å². The molecule has 0 radical (unpaired) electrons. The maximum Gasteiger partial charge on any atom is 0.196 e. The lowest BCUT2D eigenvalue weighted by Gasteiger charge is -2.43. The summed E-state index contributed by atoms with van der Waals surface area (Å²) >= 11 is 0. The molecule has 0 aliphatic carbocycles. The first-order valence-corrected chi connectivity index (χ1v) is 6.04. The minimum atomic E-state index is -0.146. The van der Waals surface area contributed by atoms with Crippen LogP contribution in [0, 0.1) is 5.41 Å². The molecule has 2 aliphatic rings. The highest BCUT2D eigenvalue weighted by Gasteiger charge is 2.51. The number of ether oxygens (including phenoxy) is 1. The van der Waals surface area contributed by atoms with Crippen LogP contribution in [0.1, 0.15) is 52.9 Å². The Kier molecular flexibility index (Phi) is 3.06. The summed E-state index contributed by atoms with van der Waals surface area (Å²) in [7, 11) is 0. The Morgan fingerprint density at radius 2 is 2.13 bits per heavy atom. The molecule has 3 heteroatoms. The molecule has 0 bridgehead atoms. The fourth-order valence-corrected chi connectivity index (χ4v) is 2.76. The van der Waals surface area contributed by atoms with Gasteiger partial charge in [-0.25, -0.2) is 9.78 Å².